The molecule has 1 saturated heterocycles. The Balaban J connectivity index is 1.63. The number of amides is 2. The van der Waals surface area contributed by atoms with Gasteiger partial charge in [-0.05, 0) is 24.3 Å². The molecule has 0 bridgehead atoms. The molecule has 1 aliphatic rings. The highest BCUT2D eigenvalue weighted by atomic mass is 35.5. The third-order valence-corrected chi connectivity index (χ3v) is 3.99. The Kier molecular flexibility index (Phi) is 4.35. The van der Waals surface area contributed by atoms with E-state index in [1.807, 2.05) is 0 Å². The number of likely N-dealkylation sites (tertiary alicyclic amines) is 1. The molecule has 2 amide bonds. The maximum absolute atomic E-state index is 13.7. The SMILES string of the molecule is C=CC(=O)N1CC(n2cc(NC(=O)c3ccc(Cl)cc3F)cn2)C1. The summed E-state index contributed by atoms with van der Waals surface area (Å²) in [5.41, 5.74) is 0.349. The predicted molar refractivity (Wildman–Crippen MR) is 87.4 cm³/mol. The summed E-state index contributed by atoms with van der Waals surface area (Å²) in [5, 5.41) is 6.97. The van der Waals surface area contributed by atoms with E-state index < -0.39 is 11.7 Å². The van der Waals surface area contributed by atoms with Crippen LogP contribution in [0.2, 0.25) is 5.02 Å². The number of nitrogens with zero attached hydrogens (tertiary/aromatic N) is 3. The van der Waals surface area contributed by atoms with E-state index in [1.54, 1.807) is 15.8 Å². The average Bonchev–Trinajstić information content (AvgIpc) is 2.93. The van der Waals surface area contributed by atoms with Gasteiger partial charge in [-0.15, -0.1) is 0 Å². The van der Waals surface area contributed by atoms with Gasteiger partial charge in [-0.1, -0.05) is 18.2 Å². The monoisotopic (exact) mass is 348 g/mol. The molecule has 1 aromatic heterocycles. The Hall–Kier alpha value is -2.67. The summed E-state index contributed by atoms with van der Waals surface area (Å²) < 4.78 is 15.4. The topological polar surface area (TPSA) is 67.2 Å². The van der Waals surface area contributed by atoms with Crippen molar-refractivity contribution in [3.8, 4) is 0 Å². The lowest BCUT2D eigenvalue weighted by atomic mass is 10.1. The normalized spacial score (nSPS) is 14.2. The number of nitrogens with one attached hydrogen (secondary N) is 1. The maximum atomic E-state index is 13.7. The molecule has 0 unspecified atom stereocenters. The van der Waals surface area contributed by atoms with Gasteiger partial charge < -0.3 is 10.2 Å². The van der Waals surface area contributed by atoms with E-state index in [-0.39, 0.29) is 22.5 Å². The van der Waals surface area contributed by atoms with Gasteiger partial charge in [0.2, 0.25) is 5.91 Å². The van der Waals surface area contributed by atoms with E-state index in [9.17, 15) is 14.0 Å². The third kappa shape index (κ3) is 3.16. The van der Waals surface area contributed by atoms with Gasteiger partial charge in [0.25, 0.3) is 5.91 Å². The zero-order valence-electron chi connectivity index (χ0n) is 12.6. The zero-order valence-corrected chi connectivity index (χ0v) is 13.3. The lowest BCUT2D eigenvalue weighted by molar-refractivity contribution is -0.131. The van der Waals surface area contributed by atoms with Crippen molar-refractivity contribution in [1.29, 1.82) is 0 Å². The molecule has 0 aliphatic carbocycles. The molecule has 1 N–H and O–H groups in total. The van der Waals surface area contributed by atoms with Crippen molar-refractivity contribution >= 4 is 29.1 Å². The fourth-order valence-electron chi connectivity index (χ4n) is 2.41. The first kappa shape index (κ1) is 16.2. The molecule has 0 spiro atoms. The van der Waals surface area contributed by atoms with Crippen LogP contribution in [0.5, 0.6) is 0 Å². The quantitative estimate of drug-likeness (QED) is 0.863. The van der Waals surface area contributed by atoms with Crippen LogP contribution in [0, 0.1) is 5.82 Å². The molecule has 24 heavy (non-hydrogen) atoms. The predicted octanol–water partition coefficient (Wildman–Crippen LogP) is 2.50. The van der Waals surface area contributed by atoms with Crippen molar-refractivity contribution in [3.63, 3.8) is 0 Å². The summed E-state index contributed by atoms with van der Waals surface area (Å²) in [4.78, 5) is 25.1. The molecule has 2 heterocycles. The summed E-state index contributed by atoms with van der Waals surface area (Å²) in [6.45, 7) is 4.51. The van der Waals surface area contributed by atoms with E-state index in [0.717, 1.165) is 6.07 Å². The second-order valence-corrected chi connectivity index (χ2v) is 5.82. The molecular formula is C16H14ClFN4O2. The lowest BCUT2D eigenvalue weighted by Gasteiger charge is -2.38. The van der Waals surface area contributed by atoms with Crippen LogP contribution in [-0.4, -0.2) is 39.6 Å². The van der Waals surface area contributed by atoms with Crippen LogP contribution in [0.4, 0.5) is 10.1 Å². The Morgan fingerprint density at radius 1 is 1.42 bits per heavy atom. The number of anilines is 1. The Bertz CT molecular complexity index is 814. The number of rotatable bonds is 4. The summed E-state index contributed by atoms with van der Waals surface area (Å²) in [7, 11) is 0. The van der Waals surface area contributed by atoms with Crippen molar-refractivity contribution in [2.24, 2.45) is 0 Å². The van der Waals surface area contributed by atoms with Crippen molar-refractivity contribution in [2.45, 2.75) is 6.04 Å². The van der Waals surface area contributed by atoms with Gasteiger partial charge in [0.05, 0.1) is 23.5 Å². The molecule has 124 valence electrons. The standard InChI is InChI=1S/C16H14ClFN4O2/c1-2-15(23)21-8-12(9-21)22-7-11(6-19-22)20-16(24)13-4-3-10(17)5-14(13)18/h2-7,12H,1,8-9H2,(H,20,24). The number of hydrogen-bond donors (Lipinski definition) is 1. The van der Waals surface area contributed by atoms with E-state index in [1.165, 1.54) is 24.4 Å². The molecular weight excluding hydrogens is 335 g/mol. The summed E-state index contributed by atoms with van der Waals surface area (Å²) in [5.74, 6) is -1.39. The Labute approximate surface area is 142 Å². The van der Waals surface area contributed by atoms with Gasteiger partial charge in [0.1, 0.15) is 5.82 Å². The molecule has 3 rings (SSSR count). The lowest BCUT2D eigenvalue weighted by Crippen LogP contribution is -2.50. The Morgan fingerprint density at radius 2 is 2.17 bits per heavy atom. The highest BCUT2D eigenvalue weighted by Gasteiger charge is 2.31. The second kappa shape index (κ2) is 6.45. The average molecular weight is 349 g/mol. The van der Waals surface area contributed by atoms with Gasteiger partial charge in [-0.25, -0.2) is 4.39 Å². The van der Waals surface area contributed by atoms with Crippen molar-refractivity contribution in [2.75, 3.05) is 18.4 Å². The summed E-state index contributed by atoms with van der Waals surface area (Å²) in [6, 6.07) is 3.90. The fraction of sp³-hybridized carbons (Fsp3) is 0.188. The van der Waals surface area contributed by atoms with Crippen molar-refractivity contribution in [1.82, 2.24) is 14.7 Å². The molecule has 0 saturated carbocycles. The van der Waals surface area contributed by atoms with E-state index in [4.69, 9.17) is 11.6 Å². The first-order valence-electron chi connectivity index (χ1n) is 7.20. The highest BCUT2D eigenvalue weighted by Crippen LogP contribution is 2.22. The van der Waals surface area contributed by atoms with Gasteiger partial charge in [0, 0.05) is 24.3 Å². The van der Waals surface area contributed by atoms with Crippen molar-refractivity contribution < 1.29 is 14.0 Å². The number of carbonyl (C=O) groups is 2. The van der Waals surface area contributed by atoms with Gasteiger partial charge in [-0.3, -0.25) is 14.3 Å². The summed E-state index contributed by atoms with van der Waals surface area (Å²) in [6.07, 6.45) is 4.39. The van der Waals surface area contributed by atoms with Gasteiger partial charge in [-0.2, -0.15) is 5.10 Å². The number of aromatic nitrogens is 2. The molecule has 6 nitrogen and oxygen atoms in total. The Morgan fingerprint density at radius 3 is 2.83 bits per heavy atom. The van der Waals surface area contributed by atoms with Crippen LogP contribution >= 0.6 is 11.6 Å². The van der Waals surface area contributed by atoms with Gasteiger partial charge in [0.15, 0.2) is 0 Å². The van der Waals surface area contributed by atoms with Crippen LogP contribution in [0.25, 0.3) is 0 Å². The van der Waals surface area contributed by atoms with Crippen LogP contribution in [-0.2, 0) is 4.79 Å². The third-order valence-electron chi connectivity index (χ3n) is 3.76. The first-order chi connectivity index (χ1) is 11.5. The minimum atomic E-state index is -0.690. The number of benzene rings is 1. The number of carbonyl (C=O) groups excluding carboxylic acids is 2. The maximum Gasteiger partial charge on any atom is 0.258 e. The van der Waals surface area contributed by atoms with Crippen molar-refractivity contribution in [3.05, 3.63) is 59.7 Å². The van der Waals surface area contributed by atoms with Crippen LogP contribution < -0.4 is 5.32 Å². The largest absolute Gasteiger partial charge is 0.335 e. The second-order valence-electron chi connectivity index (χ2n) is 5.39. The van der Waals surface area contributed by atoms with Crippen LogP contribution in [0.3, 0.4) is 0 Å². The minimum absolute atomic E-state index is 0.0480. The smallest absolute Gasteiger partial charge is 0.258 e. The molecule has 8 heteroatoms. The zero-order chi connectivity index (χ0) is 17.3. The molecule has 1 fully saturated rings. The van der Waals surface area contributed by atoms with E-state index >= 15 is 0 Å². The number of hydrogen-bond acceptors (Lipinski definition) is 3. The van der Waals surface area contributed by atoms with Crippen LogP contribution in [0.15, 0.2) is 43.2 Å². The fourth-order valence-corrected chi connectivity index (χ4v) is 2.56. The molecule has 1 aliphatic heterocycles. The molecule has 2 aromatic rings. The summed E-state index contributed by atoms with van der Waals surface area (Å²) >= 11 is 5.67. The van der Waals surface area contributed by atoms with E-state index in [2.05, 4.69) is 17.0 Å². The molecule has 0 atom stereocenters. The molecule has 1 aromatic carbocycles. The number of halogens is 2. The first-order valence-corrected chi connectivity index (χ1v) is 7.57. The van der Waals surface area contributed by atoms with Gasteiger partial charge >= 0.3 is 0 Å². The highest BCUT2D eigenvalue weighted by molar-refractivity contribution is 6.30. The minimum Gasteiger partial charge on any atom is -0.335 e. The molecule has 0 radical (unpaired) electrons. The van der Waals surface area contributed by atoms with Crippen LogP contribution in [0.1, 0.15) is 16.4 Å². The van der Waals surface area contributed by atoms with E-state index in [0.29, 0.717) is 18.8 Å².